The molecule has 1 atom stereocenters. The minimum Gasteiger partial charge on any atom is -0.337 e. The van der Waals surface area contributed by atoms with Crippen molar-refractivity contribution in [1.29, 1.82) is 0 Å². The summed E-state index contributed by atoms with van der Waals surface area (Å²) in [5.41, 5.74) is 0.730. The van der Waals surface area contributed by atoms with Crippen molar-refractivity contribution in [2.75, 3.05) is 6.54 Å². The van der Waals surface area contributed by atoms with Crippen LogP contribution in [0.2, 0.25) is 0 Å². The number of carbonyl (C=O) groups is 1. The molecule has 2 N–H and O–H groups in total. The molecular formula is C13H18N2O. The molecule has 0 spiro atoms. The SMILES string of the molecule is O=C(NC1CCCCCN1)c1ccccc1. The van der Waals surface area contributed by atoms with E-state index in [1.807, 2.05) is 30.3 Å². The van der Waals surface area contributed by atoms with E-state index in [4.69, 9.17) is 0 Å². The number of carbonyl (C=O) groups excluding carboxylic acids is 1. The predicted octanol–water partition coefficient (Wildman–Crippen LogP) is 1.91. The largest absolute Gasteiger partial charge is 0.337 e. The standard InChI is InChI=1S/C13H18N2O/c16-13(11-7-3-1-4-8-11)15-12-9-5-2-6-10-14-12/h1,3-4,7-8,12,14H,2,5-6,9-10H2,(H,15,16). The van der Waals surface area contributed by atoms with Gasteiger partial charge in [-0.15, -0.1) is 0 Å². The number of benzene rings is 1. The van der Waals surface area contributed by atoms with Crippen molar-refractivity contribution < 1.29 is 4.79 Å². The van der Waals surface area contributed by atoms with Crippen molar-refractivity contribution in [3.63, 3.8) is 0 Å². The summed E-state index contributed by atoms with van der Waals surface area (Å²) >= 11 is 0. The van der Waals surface area contributed by atoms with Crippen molar-refractivity contribution in [3.05, 3.63) is 35.9 Å². The first-order chi connectivity index (χ1) is 7.86. The monoisotopic (exact) mass is 218 g/mol. The lowest BCUT2D eigenvalue weighted by Crippen LogP contribution is -2.44. The summed E-state index contributed by atoms with van der Waals surface area (Å²) in [6.07, 6.45) is 4.81. The van der Waals surface area contributed by atoms with Gasteiger partial charge in [-0.2, -0.15) is 0 Å². The molecule has 1 aromatic carbocycles. The van der Waals surface area contributed by atoms with Gasteiger partial charge in [0.1, 0.15) is 0 Å². The van der Waals surface area contributed by atoms with Gasteiger partial charge in [0.15, 0.2) is 0 Å². The first-order valence-electron chi connectivity index (χ1n) is 5.95. The van der Waals surface area contributed by atoms with Gasteiger partial charge in [-0.25, -0.2) is 0 Å². The van der Waals surface area contributed by atoms with Gasteiger partial charge in [0.2, 0.25) is 0 Å². The normalized spacial score (nSPS) is 21.1. The molecule has 1 aliphatic heterocycles. The van der Waals surface area contributed by atoms with Gasteiger partial charge in [-0.05, 0) is 31.5 Å². The van der Waals surface area contributed by atoms with E-state index < -0.39 is 0 Å². The molecule has 0 aliphatic carbocycles. The van der Waals surface area contributed by atoms with Crippen LogP contribution in [0.5, 0.6) is 0 Å². The molecule has 3 nitrogen and oxygen atoms in total. The van der Waals surface area contributed by atoms with Crippen LogP contribution in [0.3, 0.4) is 0 Å². The smallest absolute Gasteiger partial charge is 0.252 e. The molecule has 1 amide bonds. The molecule has 2 rings (SSSR count). The van der Waals surface area contributed by atoms with Gasteiger partial charge in [0.25, 0.3) is 5.91 Å². The molecule has 0 radical (unpaired) electrons. The fraction of sp³-hybridized carbons (Fsp3) is 0.462. The quantitative estimate of drug-likeness (QED) is 0.796. The van der Waals surface area contributed by atoms with Crippen LogP contribution in [-0.4, -0.2) is 18.6 Å². The number of nitrogens with one attached hydrogen (secondary N) is 2. The number of amides is 1. The Hall–Kier alpha value is -1.35. The molecule has 1 fully saturated rings. The highest BCUT2D eigenvalue weighted by Gasteiger charge is 2.14. The second-order valence-corrected chi connectivity index (χ2v) is 4.20. The molecular weight excluding hydrogens is 200 g/mol. The van der Waals surface area contributed by atoms with E-state index in [2.05, 4.69) is 10.6 Å². The average molecular weight is 218 g/mol. The summed E-state index contributed by atoms with van der Waals surface area (Å²) in [6.45, 7) is 1.000. The Labute approximate surface area is 96.2 Å². The van der Waals surface area contributed by atoms with E-state index >= 15 is 0 Å². The van der Waals surface area contributed by atoms with E-state index in [0.29, 0.717) is 0 Å². The van der Waals surface area contributed by atoms with E-state index in [1.54, 1.807) is 0 Å². The van der Waals surface area contributed by atoms with Crippen LogP contribution in [0.4, 0.5) is 0 Å². The molecule has 1 saturated heterocycles. The van der Waals surface area contributed by atoms with E-state index in [-0.39, 0.29) is 12.1 Å². The van der Waals surface area contributed by atoms with Gasteiger partial charge in [-0.1, -0.05) is 31.0 Å². The molecule has 0 aromatic heterocycles. The van der Waals surface area contributed by atoms with Gasteiger partial charge < -0.3 is 5.32 Å². The van der Waals surface area contributed by atoms with E-state index in [9.17, 15) is 4.79 Å². The lowest BCUT2D eigenvalue weighted by Gasteiger charge is -2.17. The summed E-state index contributed by atoms with van der Waals surface area (Å²) in [6, 6.07) is 9.36. The second-order valence-electron chi connectivity index (χ2n) is 4.20. The van der Waals surface area contributed by atoms with Crippen LogP contribution in [-0.2, 0) is 0 Å². The number of hydrogen-bond donors (Lipinski definition) is 2. The molecule has 0 bridgehead atoms. The molecule has 1 unspecified atom stereocenters. The van der Waals surface area contributed by atoms with Crippen molar-refractivity contribution >= 4 is 5.91 Å². The topological polar surface area (TPSA) is 41.1 Å². The lowest BCUT2D eigenvalue weighted by atomic mass is 10.2. The highest BCUT2D eigenvalue weighted by Crippen LogP contribution is 2.07. The van der Waals surface area contributed by atoms with Crippen LogP contribution < -0.4 is 10.6 Å². The van der Waals surface area contributed by atoms with Crippen molar-refractivity contribution in [2.45, 2.75) is 31.8 Å². The predicted molar refractivity (Wildman–Crippen MR) is 64.2 cm³/mol. The second kappa shape index (κ2) is 5.66. The van der Waals surface area contributed by atoms with E-state index in [0.717, 1.165) is 18.5 Å². The first-order valence-corrected chi connectivity index (χ1v) is 5.95. The van der Waals surface area contributed by atoms with Gasteiger partial charge >= 0.3 is 0 Å². The third-order valence-corrected chi connectivity index (χ3v) is 2.90. The minimum absolute atomic E-state index is 0.0139. The van der Waals surface area contributed by atoms with Gasteiger partial charge in [0.05, 0.1) is 6.17 Å². The van der Waals surface area contributed by atoms with Crippen molar-refractivity contribution in [1.82, 2.24) is 10.6 Å². The lowest BCUT2D eigenvalue weighted by molar-refractivity contribution is 0.0928. The third kappa shape index (κ3) is 3.07. The Kier molecular flexibility index (Phi) is 3.94. The van der Waals surface area contributed by atoms with Crippen LogP contribution in [0.1, 0.15) is 36.0 Å². The van der Waals surface area contributed by atoms with Crippen LogP contribution >= 0.6 is 0 Å². The molecule has 1 heterocycles. The van der Waals surface area contributed by atoms with Crippen LogP contribution in [0, 0.1) is 0 Å². The maximum Gasteiger partial charge on any atom is 0.252 e. The molecule has 86 valence electrons. The van der Waals surface area contributed by atoms with Gasteiger partial charge in [0, 0.05) is 5.56 Å². The Morgan fingerprint density at radius 2 is 2.00 bits per heavy atom. The Morgan fingerprint density at radius 3 is 2.81 bits per heavy atom. The minimum atomic E-state index is 0.0139. The Bertz CT molecular complexity index is 329. The summed E-state index contributed by atoms with van der Waals surface area (Å²) < 4.78 is 0. The van der Waals surface area contributed by atoms with Crippen LogP contribution in [0.15, 0.2) is 30.3 Å². The molecule has 0 saturated carbocycles. The zero-order chi connectivity index (χ0) is 11.2. The maximum atomic E-state index is 11.9. The third-order valence-electron chi connectivity index (χ3n) is 2.90. The number of hydrogen-bond acceptors (Lipinski definition) is 2. The zero-order valence-corrected chi connectivity index (χ0v) is 9.41. The zero-order valence-electron chi connectivity index (χ0n) is 9.41. The Balaban J connectivity index is 1.91. The first kappa shape index (κ1) is 11.1. The van der Waals surface area contributed by atoms with Crippen LogP contribution in [0.25, 0.3) is 0 Å². The molecule has 3 heteroatoms. The fourth-order valence-electron chi connectivity index (χ4n) is 1.98. The van der Waals surface area contributed by atoms with Crippen molar-refractivity contribution in [2.24, 2.45) is 0 Å². The molecule has 1 aliphatic rings. The highest BCUT2D eigenvalue weighted by atomic mass is 16.1. The van der Waals surface area contributed by atoms with Gasteiger partial charge in [-0.3, -0.25) is 10.1 Å². The Morgan fingerprint density at radius 1 is 1.19 bits per heavy atom. The summed E-state index contributed by atoms with van der Waals surface area (Å²) in [4.78, 5) is 11.9. The summed E-state index contributed by atoms with van der Waals surface area (Å²) in [5, 5.41) is 6.38. The molecule has 16 heavy (non-hydrogen) atoms. The van der Waals surface area contributed by atoms with E-state index in [1.165, 1.54) is 19.3 Å². The van der Waals surface area contributed by atoms with Crippen molar-refractivity contribution in [3.8, 4) is 0 Å². The number of rotatable bonds is 2. The summed E-state index contributed by atoms with van der Waals surface area (Å²) in [7, 11) is 0. The highest BCUT2D eigenvalue weighted by molar-refractivity contribution is 5.94. The average Bonchev–Trinajstić information content (AvgIpc) is 2.59. The maximum absolute atomic E-state index is 11.9. The fourth-order valence-corrected chi connectivity index (χ4v) is 1.98. The molecule has 1 aromatic rings. The summed E-state index contributed by atoms with van der Waals surface area (Å²) in [5.74, 6) is 0.0139.